The summed E-state index contributed by atoms with van der Waals surface area (Å²) in [4.78, 5) is 0. The summed E-state index contributed by atoms with van der Waals surface area (Å²) >= 11 is 6.31. The smallest absolute Gasteiger partial charge is 0.0444 e. The first-order valence-electron chi connectivity index (χ1n) is 6.25. The quantitative estimate of drug-likeness (QED) is 0.629. The Morgan fingerprint density at radius 1 is 0.778 bits per heavy atom. The molecule has 2 aromatic carbocycles. The summed E-state index contributed by atoms with van der Waals surface area (Å²) < 4.78 is 0. The lowest BCUT2D eigenvalue weighted by Gasteiger charge is -2.16. The Hall–Kier alpha value is -1.27. The summed E-state index contributed by atoms with van der Waals surface area (Å²) in [5, 5.41) is 0.852. The standard InChI is InChI=1S/C17H19Cl/c1-10-8-15(14(5)16(18)9-10)17-12(3)7-6-11(2)13(17)4/h6-9H,1-5H3. The first kappa shape index (κ1) is 13.2. The second kappa shape index (κ2) is 4.78. The molecule has 0 N–H and O–H groups in total. The highest BCUT2D eigenvalue weighted by atomic mass is 35.5. The van der Waals surface area contributed by atoms with Gasteiger partial charge in [-0.25, -0.2) is 0 Å². The van der Waals surface area contributed by atoms with E-state index in [0.29, 0.717) is 0 Å². The average molecular weight is 259 g/mol. The Morgan fingerprint density at radius 2 is 1.39 bits per heavy atom. The molecule has 0 atom stereocenters. The second-order valence-corrected chi connectivity index (χ2v) is 5.53. The normalized spacial score (nSPS) is 10.8. The van der Waals surface area contributed by atoms with Crippen molar-refractivity contribution in [3.05, 3.63) is 57.1 Å². The number of rotatable bonds is 1. The molecule has 0 spiro atoms. The number of aryl methyl sites for hydroxylation is 3. The average Bonchev–Trinajstić information content (AvgIpc) is 2.30. The van der Waals surface area contributed by atoms with Crippen LogP contribution in [0.4, 0.5) is 0 Å². The molecule has 0 nitrogen and oxygen atoms in total. The van der Waals surface area contributed by atoms with E-state index in [4.69, 9.17) is 11.6 Å². The van der Waals surface area contributed by atoms with Gasteiger partial charge in [0.2, 0.25) is 0 Å². The van der Waals surface area contributed by atoms with Crippen molar-refractivity contribution >= 4 is 11.6 Å². The van der Waals surface area contributed by atoms with Crippen LogP contribution in [-0.4, -0.2) is 0 Å². The predicted molar refractivity (Wildman–Crippen MR) is 80.6 cm³/mol. The van der Waals surface area contributed by atoms with E-state index >= 15 is 0 Å². The molecule has 0 aliphatic carbocycles. The van der Waals surface area contributed by atoms with Gasteiger partial charge >= 0.3 is 0 Å². The highest BCUT2D eigenvalue weighted by Crippen LogP contribution is 2.35. The second-order valence-electron chi connectivity index (χ2n) is 5.12. The van der Waals surface area contributed by atoms with Gasteiger partial charge in [-0.05, 0) is 79.6 Å². The third kappa shape index (κ3) is 2.18. The molecule has 18 heavy (non-hydrogen) atoms. The van der Waals surface area contributed by atoms with E-state index in [-0.39, 0.29) is 0 Å². The lowest BCUT2D eigenvalue weighted by atomic mass is 9.89. The summed E-state index contributed by atoms with van der Waals surface area (Å²) in [6, 6.07) is 8.63. The van der Waals surface area contributed by atoms with Crippen molar-refractivity contribution in [1.29, 1.82) is 0 Å². The minimum absolute atomic E-state index is 0.852. The highest BCUT2D eigenvalue weighted by Gasteiger charge is 2.12. The van der Waals surface area contributed by atoms with Gasteiger partial charge in [0.1, 0.15) is 0 Å². The summed E-state index contributed by atoms with van der Waals surface area (Å²) in [5.41, 5.74) is 8.95. The molecule has 0 amide bonds. The van der Waals surface area contributed by atoms with Crippen LogP contribution in [0.15, 0.2) is 24.3 Å². The summed E-state index contributed by atoms with van der Waals surface area (Å²) in [6.45, 7) is 10.7. The van der Waals surface area contributed by atoms with E-state index in [1.165, 1.54) is 38.9 Å². The number of hydrogen-bond donors (Lipinski definition) is 0. The minimum atomic E-state index is 0.852. The van der Waals surface area contributed by atoms with Crippen LogP contribution >= 0.6 is 11.6 Å². The fourth-order valence-corrected chi connectivity index (χ4v) is 2.71. The SMILES string of the molecule is Cc1cc(Cl)c(C)c(-c2c(C)ccc(C)c2C)c1. The van der Waals surface area contributed by atoms with Crippen LogP contribution in [0.25, 0.3) is 11.1 Å². The van der Waals surface area contributed by atoms with Gasteiger partial charge in [0.05, 0.1) is 0 Å². The van der Waals surface area contributed by atoms with Crippen LogP contribution in [0, 0.1) is 34.6 Å². The Kier molecular flexibility index (Phi) is 3.49. The fraction of sp³-hybridized carbons (Fsp3) is 0.294. The Bertz CT molecular complexity index is 609. The minimum Gasteiger partial charge on any atom is -0.0840 e. The van der Waals surface area contributed by atoms with Crippen molar-refractivity contribution < 1.29 is 0 Å². The van der Waals surface area contributed by atoms with Crippen LogP contribution in [0.3, 0.4) is 0 Å². The van der Waals surface area contributed by atoms with E-state index in [2.05, 4.69) is 52.8 Å². The predicted octanol–water partition coefficient (Wildman–Crippen LogP) is 5.55. The molecule has 0 saturated heterocycles. The van der Waals surface area contributed by atoms with E-state index < -0.39 is 0 Å². The molecule has 0 unspecified atom stereocenters. The van der Waals surface area contributed by atoms with Gasteiger partial charge in [-0.3, -0.25) is 0 Å². The molecule has 0 aliphatic rings. The van der Waals surface area contributed by atoms with Crippen molar-refractivity contribution in [2.45, 2.75) is 34.6 Å². The number of hydrogen-bond acceptors (Lipinski definition) is 0. The zero-order chi connectivity index (χ0) is 13.4. The maximum absolute atomic E-state index is 6.31. The zero-order valence-electron chi connectivity index (χ0n) is 11.7. The fourth-order valence-electron chi connectivity index (χ4n) is 2.44. The maximum atomic E-state index is 6.31. The van der Waals surface area contributed by atoms with Crippen LogP contribution in [0.1, 0.15) is 27.8 Å². The maximum Gasteiger partial charge on any atom is 0.0444 e. The zero-order valence-corrected chi connectivity index (χ0v) is 12.4. The van der Waals surface area contributed by atoms with Gasteiger partial charge in [-0.1, -0.05) is 29.8 Å². The number of benzene rings is 2. The molecule has 0 aliphatic heterocycles. The van der Waals surface area contributed by atoms with Crippen molar-refractivity contribution in [2.75, 3.05) is 0 Å². The van der Waals surface area contributed by atoms with Crippen molar-refractivity contribution in [3.63, 3.8) is 0 Å². The van der Waals surface area contributed by atoms with Gasteiger partial charge in [-0.15, -0.1) is 0 Å². The Morgan fingerprint density at radius 3 is 2.06 bits per heavy atom. The largest absolute Gasteiger partial charge is 0.0840 e. The number of halogens is 1. The van der Waals surface area contributed by atoms with E-state index in [1.807, 2.05) is 6.07 Å². The van der Waals surface area contributed by atoms with Crippen molar-refractivity contribution in [2.24, 2.45) is 0 Å². The molecule has 0 heterocycles. The lowest BCUT2D eigenvalue weighted by molar-refractivity contribution is 1.28. The van der Waals surface area contributed by atoms with Crippen LogP contribution in [-0.2, 0) is 0 Å². The molecule has 0 saturated carbocycles. The highest BCUT2D eigenvalue weighted by molar-refractivity contribution is 6.31. The van der Waals surface area contributed by atoms with Gasteiger partial charge in [-0.2, -0.15) is 0 Å². The Balaban J connectivity index is 2.81. The third-order valence-electron chi connectivity index (χ3n) is 3.70. The van der Waals surface area contributed by atoms with Gasteiger partial charge < -0.3 is 0 Å². The molecule has 2 rings (SSSR count). The monoisotopic (exact) mass is 258 g/mol. The van der Waals surface area contributed by atoms with E-state index in [1.54, 1.807) is 0 Å². The first-order chi connectivity index (χ1) is 8.41. The van der Waals surface area contributed by atoms with E-state index in [0.717, 1.165) is 5.02 Å². The Labute approximate surface area is 115 Å². The summed E-state index contributed by atoms with van der Waals surface area (Å²) in [6.07, 6.45) is 0. The first-order valence-corrected chi connectivity index (χ1v) is 6.63. The van der Waals surface area contributed by atoms with Gasteiger partial charge in [0.25, 0.3) is 0 Å². The van der Waals surface area contributed by atoms with Crippen LogP contribution in [0.5, 0.6) is 0 Å². The molecular weight excluding hydrogens is 240 g/mol. The van der Waals surface area contributed by atoms with Gasteiger partial charge in [0, 0.05) is 5.02 Å². The molecule has 0 radical (unpaired) electrons. The van der Waals surface area contributed by atoms with Crippen molar-refractivity contribution in [3.8, 4) is 11.1 Å². The van der Waals surface area contributed by atoms with Crippen LogP contribution in [0.2, 0.25) is 5.02 Å². The van der Waals surface area contributed by atoms with Crippen molar-refractivity contribution in [1.82, 2.24) is 0 Å². The van der Waals surface area contributed by atoms with Gasteiger partial charge in [0.15, 0.2) is 0 Å². The molecule has 0 fully saturated rings. The molecule has 94 valence electrons. The molecule has 2 aromatic rings. The van der Waals surface area contributed by atoms with E-state index in [9.17, 15) is 0 Å². The van der Waals surface area contributed by atoms with Crippen LogP contribution < -0.4 is 0 Å². The summed E-state index contributed by atoms with van der Waals surface area (Å²) in [5.74, 6) is 0. The lowest BCUT2D eigenvalue weighted by Crippen LogP contribution is -1.95. The molecule has 0 bridgehead atoms. The molecule has 1 heteroatoms. The molecular formula is C17H19Cl. The molecule has 0 aromatic heterocycles. The third-order valence-corrected chi connectivity index (χ3v) is 4.09. The summed E-state index contributed by atoms with van der Waals surface area (Å²) in [7, 11) is 0. The topological polar surface area (TPSA) is 0 Å².